The number of nitrogens with zero attached hydrogens (tertiary/aromatic N) is 3. The standard InChI is InChI=1S/C10H9N3O3/c1-12-9(16)6-11-7-2-3-8(15)13(4-5-14)10(7)12/h2-3,5-6H,4H2,1H3. The Morgan fingerprint density at radius 2 is 2.06 bits per heavy atom. The number of aldehydes is 1. The molecule has 0 aliphatic rings. The molecule has 16 heavy (non-hydrogen) atoms. The van der Waals surface area contributed by atoms with Crippen molar-refractivity contribution in [1.29, 1.82) is 0 Å². The predicted molar refractivity (Wildman–Crippen MR) is 57.3 cm³/mol. The SMILES string of the molecule is Cn1c(=O)cnc2ccc(=O)n(CC=O)c21. The van der Waals surface area contributed by atoms with Crippen molar-refractivity contribution in [3.8, 4) is 0 Å². The van der Waals surface area contributed by atoms with Crippen LogP contribution in [0.1, 0.15) is 0 Å². The molecule has 0 aliphatic heterocycles. The number of fused-ring (bicyclic) bond motifs is 1. The molecule has 0 amide bonds. The van der Waals surface area contributed by atoms with E-state index < -0.39 is 0 Å². The van der Waals surface area contributed by atoms with Gasteiger partial charge in [0, 0.05) is 13.1 Å². The highest BCUT2D eigenvalue weighted by molar-refractivity contribution is 5.71. The van der Waals surface area contributed by atoms with E-state index in [-0.39, 0.29) is 17.7 Å². The Hall–Kier alpha value is -2.24. The second-order valence-corrected chi connectivity index (χ2v) is 3.31. The molecule has 0 bridgehead atoms. The highest BCUT2D eigenvalue weighted by Crippen LogP contribution is 2.04. The number of carbonyl (C=O) groups excluding carboxylic acids is 1. The van der Waals surface area contributed by atoms with Gasteiger partial charge in [0.2, 0.25) is 0 Å². The van der Waals surface area contributed by atoms with Crippen molar-refractivity contribution in [3.63, 3.8) is 0 Å². The highest BCUT2D eigenvalue weighted by Gasteiger charge is 2.07. The summed E-state index contributed by atoms with van der Waals surface area (Å²) in [5.74, 6) is 0. The maximum atomic E-state index is 11.5. The first kappa shape index (κ1) is 10.3. The average molecular weight is 219 g/mol. The lowest BCUT2D eigenvalue weighted by Gasteiger charge is -2.09. The summed E-state index contributed by atoms with van der Waals surface area (Å²) >= 11 is 0. The van der Waals surface area contributed by atoms with Crippen molar-refractivity contribution in [2.75, 3.05) is 0 Å². The van der Waals surface area contributed by atoms with E-state index in [9.17, 15) is 14.4 Å². The normalized spacial score (nSPS) is 10.6. The average Bonchev–Trinajstić information content (AvgIpc) is 2.27. The zero-order valence-electron chi connectivity index (χ0n) is 8.58. The molecule has 0 unspecified atom stereocenters. The Morgan fingerprint density at radius 3 is 2.75 bits per heavy atom. The van der Waals surface area contributed by atoms with Crippen LogP contribution >= 0.6 is 0 Å². The molecule has 2 aromatic rings. The van der Waals surface area contributed by atoms with E-state index in [0.717, 1.165) is 0 Å². The Balaban J connectivity index is 3.00. The number of aryl methyl sites for hydroxylation is 1. The molecule has 2 heterocycles. The lowest BCUT2D eigenvalue weighted by Crippen LogP contribution is -2.27. The van der Waals surface area contributed by atoms with E-state index in [1.165, 1.54) is 34.5 Å². The summed E-state index contributed by atoms with van der Waals surface area (Å²) in [6.45, 7) is -0.0881. The lowest BCUT2D eigenvalue weighted by atomic mass is 10.4. The molecule has 0 N–H and O–H groups in total. The largest absolute Gasteiger partial charge is 0.301 e. The predicted octanol–water partition coefficient (Wildman–Crippen LogP) is -0.706. The maximum Gasteiger partial charge on any atom is 0.270 e. The molecule has 2 aromatic heterocycles. The smallest absolute Gasteiger partial charge is 0.270 e. The van der Waals surface area contributed by atoms with Crippen molar-refractivity contribution in [2.24, 2.45) is 7.05 Å². The van der Waals surface area contributed by atoms with Crippen LogP contribution in [0.15, 0.2) is 27.9 Å². The van der Waals surface area contributed by atoms with Crippen LogP contribution in [0.3, 0.4) is 0 Å². The summed E-state index contributed by atoms with van der Waals surface area (Å²) in [7, 11) is 1.53. The van der Waals surface area contributed by atoms with Gasteiger partial charge in [-0.15, -0.1) is 0 Å². The first-order valence-electron chi connectivity index (χ1n) is 4.64. The van der Waals surface area contributed by atoms with Gasteiger partial charge in [0.25, 0.3) is 11.1 Å². The van der Waals surface area contributed by atoms with Crippen LogP contribution in [0.2, 0.25) is 0 Å². The van der Waals surface area contributed by atoms with Gasteiger partial charge in [0.1, 0.15) is 17.5 Å². The van der Waals surface area contributed by atoms with Gasteiger partial charge in [-0.05, 0) is 6.07 Å². The molecule has 0 aromatic carbocycles. The van der Waals surface area contributed by atoms with Gasteiger partial charge in [-0.1, -0.05) is 0 Å². The molecule has 0 atom stereocenters. The minimum absolute atomic E-state index is 0.0881. The zero-order valence-corrected chi connectivity index (χ0v) is 8.58. The Kier molecular flexibility index (Phi) is 2.40. The molecule has 0 fully saturated rings. The van der Waals surface area contributed by atoms with Crippen molar-refractivity contribution < 1.29 is 4.79 Å². The van der Waals surface area contributed by atoms with Crippen LogP contribution in [-0.2, 0) is 18.4 Å². The van der Waals surface area contributed by atoms with Gasteiger partial charge >= 0.3 is 0 Å². The third-order valence-corrected chi connectivity index (χ3v) is 2.35. The monoisotopic (exact) mass is 219 g/mol. The van der Waals surface area contributed by atoms with Crippen molar-refractivity contribution >= 4 is 17.5 Å². The van der Waals surface area contributed by atoms with Crippen molar-refractivity contribution in [2.45, 2.75) is 6.54 Å². The minimum Gasteiger partial charge on any atom is -0.301 e. The van der Waals surface area contributed by atoms with Gasteiger partial charge in [-0.3, -0.25) is 18.7 Å². The second kappa shape index (κ2) is 3.73. The first-order chi connectivity index (χ1) is 7.65. The fourth-order valence-electron chi connectivity index (χ4n) is 1.58. The highest BCUT2D eigenvalue weighted by atomic mass is 16.1. The number of pyridine rings is 1. The molecular weight excluding hydrogens is 210 g/mol. The van der Waals surface area contributed by atoms with Crippen LogP contribution in [-0.4, -0.2) is 20.4 Å². The number of hydrogen-bond donors (Lipinski definition) is 0. The van der Waals surface area contributed by atoms with Gasteiger partial charge < -0.3 is 4.79 Å². The molecule has 2 rings (SSSR count). The van der Waals surface area contributed by atoms with E-state index >= 15 is 0 Å². The minimum atomic E-state index is -0.331. The fourth-order valence-corrected chi connectivity index (χ4v) is 1.58. The van der Waals surface area contributed by atoms with Crippen LogP contribution in [0, 0.1) is 0 Å². The Morgan fingerprint density at radius 1 is 1.31 bits per heavy atom. The molecule has 82 valence electrons. The van der Waals surface area contributed by atoms with Gasteiger partial charge in [-0.25, -0.2) is 4.98 Å². The van der Waals surface area contributed by atoms with E-state index in [1.54, 1.807) is 0 Å². The molecule has 0 radical (unpaired) electrons. The summed E-state index contributed by atoms with van der Waals surface area (Å²) in [6, 6.07) is 2.85. The van der Waals surface area contributed by atoms with Crippen LogP contribution in [0.4, 0.5) is 0 Å². The van der Waals surface area contributed by atoms with Crippen LogP contribution < -0.4 is 11.1 Å². The lowest BCUT2D eigenvalue weighted by molar-refractivity contribution is -0.108. The maximum absolute atomic E-state index is 11.5. The molecule has 6 nitrogen and oxygen atoms in total. The molecule has 0 saturated carbocycles. The Bertz CT molecular complexity index is 664. The quantitative estimate of drug-likeness (QED) is 0.625. The van der Waals surface area contributed by atoms with Gasteiger partial charge in [0.05, 0.1) is 12.7 Å². The zero-order chi connectivity index (χ0) is 11.7. The summed E-state index contributed by atoms with van der Waals surface area (Å²) < 4.78 is 2.52. The van der Waals surface area contributed by atoms with Gasteiger partial charge in [0.15, 0.2) is 0 Å². The first-order valence-corrected chi connectivity index (χ1v) is 4.64. The van der Waals surface area contributed by atoms with E-state index in [0.29, 0.717) is 17.5 Å². The summed E-state index contributed by atoms with van der Waals surface area (Å²) in [5, 5.41) is 0. The van der Waals surface area contributed by atoms with Crippen LogP contribution in [0.25, 0.3) is 11.2 Å². The molecule has 6 heteroatoms. The van der Waals surface area contributed by atoms with Crippen LogP contribution in [0.5, 0.6) is 0 Å². The summed E-state index contributed by atoms with van der Waals surface area (Å²) in [6.07, 6.45) is 1.79. The Labute approximate surface area is 89.8 Å². The summed E-state index contributed by atoms with van der Waals surface area (Å²) in [4.78, 5) is 37.4. The topological polar surface area (TPSA) is 74.0 Å². The van der Waals surface area contributed by atoms with Gasteiger partial charge in [-0.2, -0.15) is 0 Å². The van der Waals surface area contributed by atoms with Crippen molar-refractivity contribution in [3.05, 3.63) is 39.0 Å². The number of rotatable bonds is 2. The molecule has 0 saturated heterocycles. The molecule has 0 spiro atoms. The number of hydrogen-bond acceptors (Lipinski definition) is 4. The number of aromatic nitrogens is 3. The summed E-state index contributed by atoms with van der Waals surface area (Å²) in [5.41, 5.74) is 0.205. The van der Waals surface area contributed by atoms with E-state index in [1.807, 2.05) is 0 Å². The molecular formula is C10H9N3O3. The molecule has 0 aliphatic carbocycles. The third kappa shape index (κ3) is 1.44. The van der Waals surface area contributed by atoms with Crippen molar-refractivity contribution in [1.82, 2.24) is 14.1 Å². The number of carbonyl (C=O) groups is 1. The fraction of sp³-hybridized carbons (Fsp3) is 0.200. The van der Waals surface area contributed by atoms with E-state index in [2.05, 4.69) is 4.98 Å². The second-order valence-electron chi connectivity index (χ2n) is 3.31. The third-order valence-electron chi connectivity index (χ3n) is 2.35. The van der Waals surface area contributed by atoms with E-state index in [4.69, 9.17) is 0 Å².